The van der Waals surface area contributed by atoms with E-state index in [1.54, 1.807) is 0 Å². The average molecular weight is 464 g/mol. The van der Waals surface area contributed by atoms with E-state index in [2.05, 4.69) is 4.98 Å². The monoisotopic (exact) mass is 463 g/mol. The molecule has 2 aromatic carbocycles. The summed E-state index contributed by atoms with van der Waals surface area (Å²) in [6, 6.07) is 13.3. The molecule has 0 unspecified atom stereocenters. The van der Waals surface area contributed by atoms with Crippen molar-refractivity contribution in [2.45, 2.75) is 24.4 Å². The maximum atomic E-state index is 13.5. The second-order valence-electron chi connectivity index (χ2n) is 7.93. The number of piperidine rings is 1. The number of non-ortho nitro benzene ring substituents is 1. The SMILES string of the molecule is O=C(CSc1nc2c([nH]c3ccccc32)c(=O)n1-c1ccc([N+](=O)[O-])cc1)N1CCCCC1. The Kier molecular flexibility index (Phi) is 5.59. The molecular weight excluding hydrogens is 442 g/mol. The summed E-state index contributed by atoms with van der Waals surface area (Å²) in [5.74, 6) is 0.177. The van der Waals surface area contributed by atoms with Gasteiger partial charge in [-0.25, -0.2) is 4.98 Å². The molecule has 168 valence electrons. The zero-order chi connectivity index (χ0) is 22.9. The van der Waals surface area contributed by atoms with Crippen molar-refractivity contribution in [1.82, 2.24) is 19.4 Å². The standard InChI is InChI=1S/C23H21N5O4S/c29-19(26-12-4-1-5-13-26)14-33-23-25-20-17-6-2-3-7-18(17)24-21(20)22(30)27(23)15-8-10-16(11-9-15)28(31)32/h2-3,6-11,24H,1,4-5,12-14H2. The number of para-hydroxylation sites is 1. The molecule has 4 aromatic rings. The molecule has 10 heteroatoms. The molecule has 1 N–H and O–H groups in total. The smallest absolute Gasteiger partial charge is 0.283 e. The number of carbonyl (C=O) groups excluding carboxylic acids is 1. The Labute approximate surface area is 192 Å². The first-order valence-corrected chi connectivity index (χ1v) is 11.7. The summed E-state index contributed by atoms with van der Waals surface area (Å²) < 4.78 is 1.41. The quantitative estimate of drug-likeness (QED) is 0.208. The van der Waals surface area contributed by atoms with Gasteiger partial charge in [-0.15, -0.1) is 0 Å². The van der Waals surface area contributed by atoms with Gasteiger partial charge in [0.05, 0.1) is 16.4 Å². The van der Waals surface area contributed by atoms with Crippen LogP contribution in [-0.2, 0) is 4.79 Å². The van der Waals surface area contributed by atoms with Gasteiger partial charge in [-0.1, -0.05) is 30.0 Å². The summed E-state index contributed by atoms with van der Waals surface area (Å²) >= 11 is 1.21. The van der Waals surface area contributed by atoms with Crippen molar-refractivity contribution in [3.8, 4) is 5.69 Å². The van der Waals surface area contributed by atoms with Crippen molar-refractivity contribution in [3.63, 3.8) is 0 Å². The van der Waals surface area contributed by atoms with Crippen molar-refractivity contribution in [1.29, 1.82) is 0 Å². The van der Waals surface area contributed by atoms with Gasteiger partial charge in [0.15, 0.2) is 5.16 Å². The zero-order valence-corrected chi connectivity index (χ0v) is 18.5. The number of benzene rings is 2. The molecule has 5 rings (SSSR count). The van der Waals surface area contributed by atoms with Crippen molar-refractivity contribution in [2.24, 2.45) is 0 Å². The molecule has 1 saturated heterocycles. The Hall–Kier alpha value is -3.66. The van der Waals surface area contributed by atoms with Crippen LogP contribution in [0.1, 0.15) is 19.3 Å². The Morgan fingerprint density at radius 2 is 1.82 bits per heavy atom. The molecule has 9 nitrogen and oxygen atoms in total. The van der Waals surface area contributed by atoms with Crippen LogP contribution in [0.2, 0.25) is 0 Å². The molecule has 0 aliphatic carbocycles. The van der Waals surface area contributed by atoms with E-state index in [1.165, 1.54) is 40.6 Å². The number of hydrogen-bond donors (Lipinski definition) is 1. The number of fused-ring (bicyclic) bond motifs is 3. The fraction of sp³-hybridized carbons (Fsp3) is 0.261. The summed E-state index contributed by atoms with van der Waals surface area (Å²) in [4.78, 5) is 46.6. The second-order valence-corrected chi connectivity index (χ2v) is 8.88. The molecule has 1 aliphatic heterocycles. The number of amides is 1. The van der Waals surface area contributed by atoms with Crippen LogP contribution in [0, 0.1) is 10.1 Å². The van der Waals surface area contributed by atoms with Gasteiger partial charge in [0.1, 0.15) is 11.0 Å². The first kappa shape index (κ1) is 21.2. The number of carbonyl (C=O) groups is 1. The summed E-state index contributed by atoms with van der Waals surface area (Å²) in [6.07, 6.45) is 3.14. The number of rotatable bonds is 5. The number of nitro benzene ring substituents is 1. The van der Waals surface area contributed by atoms with Crippen LogP contribution in [0.4, 0.5) is 5.69 Å². The van der Waals surface area contributed by atoms with Crippen LogP contribution >= 0.6 is 11.8 Å². The van der Waals surface area contributed by atoms with Gasteiger partial charge >= 0.3 is 0 Å². The van der Waals surface area contributed by atoms with E-state index in [0.717, 1.165) is 43.3 Å². The third kappa shape index (κ3) is 3.97. The van der Waals surface area contributed by atoms with Crippen LogP contribution in [-0.4, -0.2) is 49.1 Å². The predicted molar refractivity (Wildman–Crippen MR) is 127 cm³/mol. The zero-order valence-electron chi connectivity index (χ0n) is 17.7. The van der Waals surface area contributed by atoms with Gasteiger partial charge < -0.3 is 9.88 Å². The number of aromatic nitrogens is 3. The van der Waals surface area contributed by atoms with Crippen LogP contribution in [0.25, 0.3) is 27.6 Å². The number of nitrogens with zero attached hydrogens (tertiary/aromatic N) is 4. The van der Waals surface area contributed by atoms with Crippen LogP contribution in [0.5, 0.6) is 0 Å². The Morgan fingerprint density at radius 1 is 1.09 bits per heavy atom. The molecule has 0 saturated carbocycles. The number of thioether (sulfide) groups is 1. The van der Waals surface area contributed by atoms with Crippen molar-refractivity contribution in [3.05, 3.63) is 69.0 Å². The fourth-order valence-electron chi connectivity index (χ4n) is 4.15. The van der Waals surface area contributed by atoms with E-state index in [0.29, 0.717) is 21.9 Å². The number of hydrogen-bond acceptors (Lipinski definition) is 6. The number of aromatic amines is 1. The highest BCUT2D eigenvalue weighted by Gasteiger charge is 2.21. The topological polar surface area (TPSA) is 114 Å². The molecule has 1 aliphatic rings. The van der Waals surface area contributed by atoms with E-state index in [1.807, 2.05) is 29.2 Å². The lowest BCUT2D eigenvalue weighted by Gasteiger charge is -2.26. The molecule has 0 bridgehead atoms. The molecule has 3 heterocycles. The number of H-pyrrole nitrogens is 1. The lowest BCUT2D eigenvalue weighted by atomic mass is 10.1. The summed E-state index contributed by atoms with van der Waals surface area (Å²) in [5, 5.41) is 12.3. The highest BCUT2D eigenvalue weighted by Crippen LogP contribution is 2.27. The van der Waals surface area contributed by atoms with Gasteiger partial charge in [-0.05, 0) is 37.5 Å². The molecule has 0 spiro atoms. The summed E-state index contributed by atoms with van der Waals surface area (Å²) in [5.41, 5.74) is 1.74. The number of likely N-dealkylation sites (tertiary alicyclic amines) is 1. The van der Waals surface area contributed by atoms with Crippen molar-refractivity contribution in [2.75, 3.05) is 18.8 Å². The fourth-order valence-corrected chi connectivity index (χ4v) is 5.06. The van der Waals surface area contributed by atoms with Crippen molar-refractivity contribution < 1.29 is 9.72 Å². The van der Waals surface area contributed by atoms with Gasteiger partial charge in [0.25, 0.3) is 11.2 Å². The van der Waals surface area contributed by atoms with Crippen molar-refractivity contribution >= 4 is 45.3 Å². The van der Waals surface area contributed by atoms with Crippen LogP contribution in [0.15, 0.2) is 58.5 Å². The maximum absolute atomic E-state index is 13.5. The minimum Gasteiger partial charge on any atom is -0.349 e. The molecule has 2 aromatic heterocycles. The Balaban J connectivity index is 1.60. The Bertz CT molecular complexity index is 1420. The average Bonchev–Trinajstić information content (AvgIpc) is 3.22. The second kappa shape index (κ2) is 8.70. The van der Waals surface area contributed by atoms with Crippen LogP contribution < -0.4 is 5.56 Å². The van der Waals surface area contributed by atoms with E-state index in [4.69, 9.17) is 4.98 Å². The highest BCUT2D eigenvalue weighted by molar-refractivity contribution is 7.99. The Morgan fingerprint density at radius 3 is 2.55 bits per heavy atom. The third-order valence-corrected chi connectivity index (χ3v) is 6.77. The molecule has 0 radical (unpaired) electrons. The number of nitrogens with one attached hydrogen (secondary N) is 1. The van der Waals surface area contributed by atoms with Gasteiger partial charge in [0, 0.05) is 36.1 Å². The predicted octanol–water partition coefficient (Wildman–Crippen LogP) is 3.88. The largest absolute Gasteiger partial charge is 0.349 e. The van der Waals surface area contributed by atoms with Gasteiger partial charge in [0.2, 0.25) is 5.91 Å². The summed E-state index contributed by atoms with van der Waals surface area (Å²) in [6.45, 7) is 1.51. The first-order chi connectivity index (χ1) is 16.0. The third-order valence-electron chi connectivity index (χ3n) is 5.85. The normalized spacial score (nSPS) is 14.1. The molecule has 33 heavy (non-hydrogen) atoms. The minimum atomic E-state index is -0.487. The van der Waals surface area contributed by atoms with Crippen LogP contribution in [0.3, 0.4) is 0 Å². The molecular formula is C23H21N5O4S. The molecule has 1 amide bonds. The lowest BCUT2D eigenvalue weighted by Crippen LogP contribution is -2.36. The van der Waals surface area contributed by atoms with E-state index >= 15 is 0 Å². The summed E-state index contributed by atoms with van der Waals surface area (Å²) in [7, 11) is 0. The van der Waals surface area contributed by atoms with E-state index < -0.39 is 4.92 Å². The van der Waals surface area contributed by atoms with Gasteiger partial charge in [-0.2, -0.15) is 0 Å². The minimum absolute atomic E-state index is 0.0169. The highest BCUT2D eigenvalue weighted by atomic mass is 32.2. The lowest BCUT2D eigenvalue weighted by molar-refractivity contribution is -0.384. The molecule has 0 atom stereocenters. The van der Waals surface area contributed by atoms with E-state index in [-0.39, 0.29) is 22.9 Å². The number of nitro groups is 1. The van der Waals surface area contributed by atoms with Gasteiger partial charge in [-0.3, -0.25) is 24.3 Å². The van der Waals surface area contributed by atoms with E-state index in [9.17, 15) is 19.7 Å². The maximum Gasteiger partial charge on any atom is 0.283 e. The molecule has 1 fully saturated rings. The first-order valence-electron chi connectivity index (χ1n) is 10.7.